The normalized spacial score (nSPS) is 11.5. The van der Waals surface area contributed by atoms with Crippen LogP contribution < -0.4 is 16.8 Å². The van der Waals surface area contributed by atoms with Crippen molar-refractivity contribution < 1.29 is 0 Å². The van der Waals surface area contributed by atoms with Gasteiger partial charge in [0.1, 0.15) is 5.84 Å². The van der Waals surface area contributed by atoms with Gasteiger partial charge in [-0.1, -0.05) is 96.8 Å². The van der Waals surface area contributed by atoms with Crippen molar-refractivity contribution in [1.29, 1.82) is 5.41 Å². The smallest absolute Gasteiger partial charge is 0.125 e. The number of nitrogens with one attached hydrogen (secondary N) is 2. The first-order valence-electron chi connectivity index (χ1n) is 14.6. The van der Waals surface area contributed by atoms with Crippen LogP contribution in [0.4, 0.5) is 5.69 Å². The number of hydrogen-bond donors (Lipinski definition) is 4. The molecule has 2 aromatic rings. The number of likely N-dealkylation sites (N-methyl/N-ethyl adjacent to an activating group) is 2. The molecule has 6 N–H and O–H groups in total. The molecule has 0 aliphatic rings. The Kier molecular flexibility index (Phi) is 20.9. The Morgan fingerprint density at radius 1 is 1.02 bits per heavy atom. The summed E-state index contributed by atoms with van der Waals surface area (Å²) < 4.78 is 0. The summed E-state index contributed by atoms with van der Waals surface area (Å²) in [4.78, 5) is 4.14. The molecule has 0 saturated heterocycles. The van der Waals surface area contributed by atoms with E-state index in [4.69, 9.17) is 11.1 Å². The van der Waals surface area contributed by atoms with Crippen LogP contribution in [0.1, 0.15) is 63.6 Å². The molecule has 0 aromatic heterocycles. The molecule has 0 heterocycles. The molecule has 6 nitrogen and oxygen atoms in total. The first-order chi connectivity index (χ1) is 20.2. The number of allylic oxidation sites excluding steroid dienone is 2. The lowest BCUT2D eigenvalue weighted by Gasteiger charge is -2.28. The second-order valence-electron chi connectivity index (χ2n) is 11.2. The van der Waals surface area contributed by atoms with Crippen molar-refractivity contribution >= 4 is 17.6 Å². The molecule has 6 heteroatoms. The van der Waals surface area contributed by atoms with Crippen molar-refractivity contribution in [2.45, 2.75) is 53.5 Å². The maximum absolute atomic E-state index is 8.65. The Morgan fingerprint density at radius 3 is 2.02 bits per heavy atom. The lowest BCUT2D eigenvalue weighted by molar-refractivity contribution is 0.383. The zero-order valence-electron chi connectivity index (χ0n) is 28.6. The van der Waals surface area contributed by atoms with E-state index in [2.05, 4.69) is 127 Å². The predicted molar refractivity (Wildman–Crippen MR) is 194 cm³/mol. The summed E-state index contributed by atoms with van der Waals surface area (Å²) >= 11 is 0. The third-order valence-corrected chi connectivity index (χ3v) is 6.48. The molecule has 0 saturated carbocycles. The van der Waals surface area contributed by atoms with Gasteiger partial charge in [0.2, 0.25) is 0 Å². The predicted octanol–water partition coefficient (Wildman–Crippen LogP) is 8.25. The molecule has 1 unspecified atom stereocenters. The fraction of sp³-hybridized carbons (Fsp3) is 0.378. The van der Waals surface area contributed by atoms with Gasteiger partial charge in [0.15, 0.2) is 0 Å². The fourth-order valence-electron chi connectivity index (χ4n) is 4.19. The molecule has 0 bridgehead atoms. The average molecular weight is 589 g/mol. The standard InChI is InChI=1S/C23H34N4.C11H17N.C2H4.CH5N/c1-9-16(4)26-19-13-12-17(10-2)18(14-19)15-27(8)22(25)20(11-3)21(24)23(5,6)7;1-10(9-12(2)3)11-7-5-4-6-8-11;2*1-2/h9-10,12-14,25-26H,1-2,4,11,15,24H2,3,5-8H3;4-8,10H,9H2,1-3H3;1-2H2;2H2,1H3/b21-20-,25-22?;;;. The summed E-state index contributed by atoms with van der Waals surface area (Å²) in [6.07, 6.45) is 4.23. The molecule has 0 amide bonds. The minimum absolute atomic E-state index is 0.167. The minimum atomic E-state index is -0.167. The van der Waals surface area contributed by atoms with Gasteiger partial charge in [-0.05, 0) is 68.4 Å². The van der Waals surface area contributed by atoms with Crippen LogP contribution >= 0.6 is 0 Å². The number of nitrogens with two attached hydrogens (primary N) is 2. The van der Waals surface area contributed by atoms with Gasteiger partial charge < -0.3 is 26.6 Å². The van der Waals surface area contributed by atoms with E-state index in [9.17, 15) is 0 Å². The SMILES string of the molecule is C=C.C=CC(=C)Nc1ccc(C=C)c(CN(C)C(=N)/C(CC)=C(\N)C(C)(C)C)c1.CC(CN(C)C)c1ccccc1.CN. The van der Waals surface area contributed by atoms with Gasteiger partial charge in [-0.25, -0.2) is 0 Å². The highest BCUT2D eigenvalue weighted by Gasteiger charge is 2.22. The molecular weight excluding hydrogens is 528 g/mol. The number of amidine groups is 1. The first kappa shape index (κ1) is 41.3. The molecule has 1 atom stereocenters. The molecule has 2 rings (SSSR count). The molecule has 0 aliphatic carbocycles. The van der Waals surface area contributed by atoms with E-state index in [1.807, 2.05) is 37.1 Å². The zero-order valence-corrected chi connectivity index (χ0v) is 28.6. The zero-order chi connectivity index (χ0) is 33.8. The number of benzene rings is 2. The van der Waals surface area contributed by atoms with Crippen molar-refractivity contribution in [1.82, 2.24) is 9.80 Å². The number of hydrogen-bond acceptors (Lipinski definition) is 5. The minimum Gasteiger partial charge on any atom is -0.401 e. The highest BCUT2D eigenvalue weighted by molar-refractivity contribution is 5.96. The third-order valence-electron chi connectivity index (χ3n) is 6.48. The second kappa shape index (κ2) is 21.8. The topological polar surface area (TPSA) is 94.4 Å². The van der Waals surface area contributed by atoms with Crippen LogP contribution in [0.2, 0.25) is 0 Å². The fourth-order valence-corrected chi connectivity index (χ4v) is 4.19. The first-order valence-corrected chi connectivity index (χ1v) is 14.6. The van der Waals surface area contributed by atoms with Crippen LogP contribution in [0.25, 0.3) is 6.08 Å². The van der Waals surface area contributed by atoms with Gasteiger partial charge in [-0.15, -0.1) is 13.2 Å². The van der Waals surface area contributed by atoms with Gasteiger partial charge in [0.25, 0.3) is 0 Å². The Bertz CT molecular complexity index is 1160. The van der Waals surface area contributed by atoms with Gasteiger partial charge in [-0.2, -0.15) is 0 Å². The van der Waals surface area contributed by atoms with Crippen LogP contribution in [-0.4, -0.2) is 50.4 Å². The molecular formula is C37H60N6. The molecule has 43 heavy (non-hydrogen) atoms. The maximum Gasteiger partial charge on any atom is 0.125 e. The summed E-state index contributed by atoms with van der Waals surface area (Å²) in [5, 5.41) is 11.9. The largest absolute Gasteiger partial charge is 0.401 e. The second-order valence-corrected chi connectivity index (χ2v) is 11.2. The van der Waals surface area contributed by atoms with E-state index < -0.39 is 0 Å². The summed E-state index contributed by atoms with van der Waals surface area (Å²) in [5.41, 5.74) is 17.5. The van der Waals surface area contributed by atoms with Crippen LogP contribution in [0.5, 0.6) is 0 Å². The highest BCUT2D eigenvalue weighted by atomic mass is 15.1. The Morgan fingerprint density at radius 2 is 1.58 bits per heavy atom. The summed E-state index contributed by atoms with van der Waals surface area (Å²) in [5.74, 6) is 1.08. The summed E-state index contributed by atoms with van der Waals surface area (Å²) in [6, 6.07) is 16.7. The van der Waals surface area contributed by atoms with Crippen LogP contribution in [0.3, 0.4) is 0 Å². The Balaban J connectivity index is 0. The highest BCUT2D eigenvalue weighted by Crippen LogP contribution is 2.27. The average Bonchev–Trinajstić information content (AvgIpc) is 2.99. The number of anilines is 1. The molecule has 0 aliphatic heterocycles. The molecule has 0 spiro atoms. The van der Waals surface area contributed by atoms with E-state index in [1.54, 1.807) is 6.08 Å². The number of rotatable bonds is 11. The molecule has 238 valence electrons. The van der Waals surface area contributed by atoms with E-state index in [1.165, 1.54) is 12.6 Å². The van der Waals surface area contributed by atoms with E-state index >= 15 is 0 Å². The molecule has 2 aromatic carbocycles. The van der Waals surface area contributed by atoms with Gasteiger partial charge in [0, 0.05) is 48.2 Å². The third kappa shape index (κ3) is 15.3. The van der Waals surface area contributed by atoms with Crippen LogP contribution in [0.15, 0.2) is 104 Å². The van der Waals surface area contributed by atoms with E-state index in [-0.39, 0.29) is 5.41 Å². The summed E-state index contributed by atoms with van der Waals surface area (Å²) in [7, 11) is 7.64. The lowest BCUT2D eigenvalue weighted by Crippen LogP contribution is -2.31. The number of nitrogens with zero attached hydrogens (tertiary/aromatic N) is 2. The van der Waals surface area contributed by atoms with Gasteiger partial charge in [-0.3, -0.25) is 5.41 Å². The maximum atomic E-state index is 8.65. The van der Waals surface area contributed by atoms with Crippen molar-refractivity contribution in [3.8, 4) is 0 Å². The molecule has 0 radical (unpaired) electrons. The van der Waals surface area contributed by atoms with Crippen molar-refractivity contribution in [2.75, 3.05) is 40.1 Å². The Labute approximate surface area is 264 Å². The lowest BCUT2D eigenvalue weighted by atomic mass is 9.88. The Hall–Kier alpha value is -3.87. The van der Waals surface area contributed by atoms with Crippen LogP contribution in [0, 0.1) is 10.8 Å². The van der Waals surface area contributed by atoms with Crippen LogP contribution in [-0.2, 0) is 6.54 Å². The summed E-state index contributed by atoms with van der Waals surface area (Å²) in [6.45, 7) is 29.7. The van der Waals surface area contributed by atoms with Crippen molar-refractivity contribution in [3.63, 3.8) is 0 Å². The van der Waals surface area contributed by atoms with Gasteiger partial charge in [0.05, 0.1) is 0 Å². The van der Waals surface area contributed by atoms with E-state index in [0.29, 0.717) is 18.3 Å². The molecule has 0 fully saturated rings. The van der Waals surface area contributed by atoms with Crippen molar-refractivity contribution in [3.05, 3.63) is 121 Å². The van der Waals surface area contributed by atoms with Gasteiger partial charge >= 0.3 is 0 Å². The van der Waals surface area contributed by atoms with Crippen molar-refractivity contribution in [2.24, 2.45) is 16.9 Å². The van der Waals surface area contributed by atoms with E-state index in [0.717, 1.165) is 46.7 Å². The monoisotopic (exact) mass is 588 g/mol. The quantitative estimate of drug-likeness (QED) is 0.0918.